The summed E-state index contributed by atoms with van der Waals surface area (Å²) < 4.78 is 1.63. The van der Waals surface area contributed by atoms with Crippen LogP contribution in [0.1, 0.15) is 11.4 Å². The Bertz CT molecular complexity index is 532. The van der Waals surface area contributed by atoms with E-state index in [1.807, 2.05) is 13.0 Å². The summed E-state index contributed by atoms with van der Waals surface area (Å²) in [5.74, 6) is -0.0382. The summed E-state index contributed by atoms with van der Waals surface area (Å²) >= 11 is 0. The number of nitrogens with two attached hydrogens (primary N) is 1. The molecule has 2 aromatic heterocycles. The van der Waals surface area contributed by atoms with Crippen LogP contribution in [0, 0.1) is 6.92 Å². The Morgan fingerprint density at radius 3 is 2.94 bits per heavy atom. The lowest BCUT2D eigenvalue weighted by Gasteiger charge is -2.06. The predicted octanol–water partition coefficient (Wildman–Crippen LogP) is 0.670. The quantitative estimate of drug-likeness (QED) is 0.335. The molecule has 0 radical (unpaired) electrons. The van der Waals surface area contributed by atoms with Gasteiger partial charge in [0.05, 0.1) is 11.4 Å². The summed E-state index contributed by atoms with van der Waals surface area (Å²) in [6.07, 6.45) is 3.37. The number of hydrogen-bond acceptors (Lipinski definition) is 4. The fourth-order valence-corrected chi connectivity index (χ4v) is 1.38. The van der Waals surface area contributed by atoms with E-state index >= 15 is 0 Å². The van der Waals surface area contributed by atoms with Crippen LogP contribution in [0.4, 0.5) is 0 Å². The summed E-state index contributed by atoms with van der Waals surface area (Å²) in [4.78, 5) is 4.06. The first-order valence-electron chi connectivity index (χ1n) is 4.68. The van der Waals surface area contributed by atoms with Crippen molar-refractivity contribution in [3.05, 3.63) is 42.0 Å². The van der Waals surface area contributed by atoms with Gasteiger partial charge in [-0.2, -0.15) is 5.10 Å². The second-order valence-electron chi connectivity index (χ2n) is 3.26. The molecule has 0 aromatic carbocycles. The van der Waals surface area contributed by atoms with E-state index in [-0.39, 0.29) is 5.84 Å². The van der Waals surface area contributed by atoms with Crippen LogP contribution < -0.4 is 5.73 Å². The zero-order valence-electron chi connectivity index (χ0n) is 8.70. The monoisotopic (exact) mass is 217 g/mol. The number of aromatic nitrogens is 3. The van der Waals surface area contributed by atoms with Crippen molar-refractivity contribution in [2.45, 2.75) is 6.92 Å². The van der Waals surface area contributed by atoms with Crippen molar-refractivity contribution in [1.82, 2.24) is 14.8 Å². The topological polar surface area (TPSA) is 89.3 Å². The molecule has 0 atom stereocenters. The third kappa shape index (κ3) is 1.72. The lowest BCUT2D eigenvalue weighted by Crippen LogP contribution is -2.18. The van der Waals surface area contributed by atoms with E-state index in [1.165, 1.54) is 0 Å². The van der Waals surface area contributed by atoms with Crippen molar-refractivity contribution in [2.75, 3.05) is 0 Å². The Morgan fingerprint density at radius 2 is 2.31 bits per heavy atom. The molecule has 0 aliphatic heterocycles. The van der Waals surface area contributed by atoms with Gasteiger partial charge in [-0.25, -0.2) is 4.68 Å². The van der Waals surface area contributed by atoms with E-state index in [1.54, 1.807) is 29.2 Å². The van der Waals surface area contributed by atoms with Crippen molar-refractivity contribution in [2.24, 2.45) is 10.9 Å². The lowest BCUT2D eigenvalue weighted by atomic mass is 10.3. The molecule has 0 aliphatic rings. The number of pyridine rings is 1. The van der Waals surface area contributed by atoms with E-state index in [0.29, 0.717) is 11.4 Å². The number of hydrogen-bond donors (Lipinski definition) is 2. The zero-order valence-corrected chi connectivity index (χ0v) is 8.70. The highest BCUT2D eigenvalue weighted by molar-refractivity contribution is 5.98. The molecule has 16 heavy (non-hydrogen) atoms. The molecule has 0 saturated carbocycles. The predicted molar refractivity (Wildman–Crippen MR) is 58.6 cm³/mol. The van der Waals surface area contributed by atoms with E-state index in [2.05, 4.69) is 15.2 Å². The van der Waals surface area contributed by atoms with Gasteiger partial charge in [0.1, 0.15) is 5.69 Å². The van der Waals surface area contributed by atoms with E-state index < -0.39 is 0 Å². The van der Waals surface area contributed by atoms with Crippen LogP contribution >= 0.6 is 0 Å². The zero-order chi connectivity index (χ0) is 11.5. The highest BCUT2D eigenvalue weighted by Crippen LogP contribution is 2.11. The maximum atomic E-state index is 8.66. The highest BCUT2D eigenvalue weighted by atomic mass is 16.4. The summed E-state index contributed by atoms with van der Waals surface area (Å²) in [6, 6.07) is 5.43. The number of aryl methyl sites for hydroxylation is 1. The van der Waals surface area contributed by atoms with Gasteiger partial charge < -0.3 is 10.9 Å². The van der Waals surface area contributed by atoms with Gasteiger partial charge in [-0.05, 0) is 25.1 Å². The normalized spacial score (nSPS) is 11.7. The smallest absolute Gasteiger partial charge is 0.190 e. The Morgan fingerprint density at radius 1 is 1.50 bits per heavy atom. The Balaban J connectivity index is 2.57. The molecule has 0 unspecified atom stereocenters. The SMILES string of the molecule is Cc1ccn(-c2cccnc2/C(N)=N/O)n1. The minimum atomic E-state index is -0.0382. The molecule has 0 fully saturated rings. The summed E-state index contributed by atoms with van der Waals surface area (Å²) in [5.41, 5.74) is 7.49. The molecule has 6 nitrogen and oxygen atoms in total. The number of rotatable bonds is 2. The minimum Gasteiger partial charge on any atom is -0.409 e. The first-order valence-corrected chi connectivity index (χ1v) is 4.68. The fourth-order valence-electron chi connectivity index (χ4n) is 1.38. The van der Waals surface area contributed by atoms with E-state index in [4.69, 9.17) is 10.9 Å². The molecule has 82 valence electrons. The molecule has 0 amide bonds. The molecule has 0 aliphatic carbocycles. The van der Waals surface area contributed by atoms with Crippen molar-refractivity contribution in [3.63, 3.8) is 0 Å². The van der Waals surface area contributed by atoms with Crippen LogP contribution in [0.15, 0.2) is 35.7 Å². The van der Waals surface area contributed by atoms with Gasteiger partial charge in [-0.3, -0.25) is 4.98 Å². The molecule has 0 spiro atoms. The van der Waals surface area contributed by atoms with Crippen molar-refractivity contribution in [1.29, 1.82) is 0 Å². The highest BCUT2D eigenvalue weighted by Gasteiger charge is 2.10. The van der Waals surface area contributed by atoms with E-state index in [0.717, 1.165) is 5.69 Å². The maximum Gasteiger partial charge on any atom is 0.190 e. The summed E-state index contributed by atoms with van der Waals surface area (Å²) in [7, 11) is 0. The molecule has 0 saturated heterocycles. The Hall–Kier alpha value is -2.37. The standard InChI is InChI=1S/C10H11N5O/c1-7-4-6-15(13-7)8-3-2-5-12-9(8)10(11)14-16/h2-6,16H,1H3,(H2,11,14). The number of oxime groups is 1. The minimum absolute atomic E-state index is 0.0382. The van der Waals surface area contributed by atoms with Gasteiger partial charge in [-0.1, -0.05) is 5.16 Å². The third-order valence-electron chi connectivity index (χ3n) is 2.11. The third-order valence-corrected chi connectivity index (χ3v) is 2.11. The molecule has 6 heteroatoms. The average Bonchev–Trinajstić information content (AvgIpc) is 2.75. The van der Waals surface area contributed by atoms with Gasteiger partial charge in [0.25, 0.3) is 0 Å². The Kier molecular flexibility index (Phi) is 2.55. The van der Waals surface area contributed by atoms with Gasteiger partial charge in [0.2, 0.25) is 0 Å². The van der Waals surface area contributed by atoms with Gasteiger partial charge in [0, 0.05) is 12.4 Å². The maximum absolute atomic E-state index is 8.66. The largest absolute Gasteiger partial charge is 0.409 e. The van der Waals surface area contributed by atoms with Crippen LogP contribution in [0.5, 0.6) is 0 Å². The van der Waals surface area contributed by atoms with Crippen molar-refractivity contribution < 1.29 is 5.21 Å². The van der Waals surface area contributed by atoms with Crippen LogP contribution in [0.25, 0.3) is 5.69 Å². The van der Waals surface area contributed by atoms with Gasteiger partial charge in [0.15, 0.2) is 5.84 Å². The average molecular weight is 217 g/mol. The first kappa shape index (κ1) is 10.2. The lowest BCUT2D eigenvalue weighted by molar-refractivity contribution is 0.318. The van der Waals surface area contributed by atoms with Gasteiger partial charge in [-0.15, -0.1) is 0 Å². The molecule has 2 aromatic rings. The molecule has 2 heterocycles. The molecular formula is C10H11N5O. The molecule has 2 rings (SSSR count). The van der Waals surface area contributed by atoms with Crippen molar-refractivity contribution >= 4 is 5.84 Å². The molecule has 3 N–H and O–H groups in total. The second kappa shape index (κ2) is 4.01. The number of nitrogens with zero attached hydrogens (tertiary/aromatic N) is 4. The number of amidine groups is 1. The van der Waals surface area contributed by atoms with Crippen molar-refractivity contribution in [3.8, 4) is 5.69 Å². The van der Waals surface area contributed by atoms with Crippen LogP contribution in [0.2, 0.25) is 0 Å². The van der Waals surface area contributed by atoms with Crippen LogP contribution in [-0.4, -0.2) is 25.8 Å². The van der Waals surface area contributed by atoms with Crippen LogP contribution in [0.3, 0.4) is 0 Å². The summed E-state index contributed by atoms with van der Waals surface area (Å²) in [6.45, 7) is 1.88. The Labute approximate surface area is 92.0 Å². The van der Waals surface area contributed by atoms with Gasteiger partial charge >= 0.3 is 0 Å². The second-order valence-corrected chi connectivity index (χ2v) is 3.26. The summed E-state index contributed by atoms with van der Waals surface area (Å²) in [5, 5.41) is 15.8. The van der Waals surface area contributed by atoms with Crippen LogP contribution in [-0.2, 0) is 0 Å². The fraction of sp³-hybridized carbons (Fsp3) is 0.100. The first-order chi connectivity index (χ1) is 7.72. The van der Waals surface area contributed by atoms with E-state index in [9.17, 15) is 0 Å². The molecular weight excluding hydrogens is 206 g/mol. The molecule has 0 bridgehead atoms.